The van der Waals surface area contributed by atoms with Crippen molar-refractivity contribution in [3.8, 4) is 0 Å². The van der Waals surface area contributed by atoms with E-state index in [9.17, 15) is 0 Å². The van der Waals surface area contributed by atoms with Gasteiger partial charge in [-0.05, 0) is 25.1 Å². The zero-order valence-corrected chi connectivity index (χ0v) is 5.69. The fourth-order valence-electron chi connectivity index (χ4n) is 0.926. The summed E-state index contributed by atoms with van der Waals surface area (Å²) in [5.41, 5.74) is 0. The van der Waals surface area contributed by atoms with Crippen LogP contribution in [0, 0.1) is 6.08 Å². The summed E-state index contributed by atoms with van der Waals surface area (Å²) in [6.07, 6.45) is 9.22. The van der Waals surface area contributed by atoms with Crippen molar-refractivity contribution in [3.63, 3.8) is 0 Å². The maximum absolute atomic E-state index is 4.03. The molecule has 9 heavy (non-hydrogen) atoms. The van der Waals surface area contributed by atoms with Crippen molar-refractivity contribution in [1.82, 2.24) is 0 Å². The molecule has 0 aromatic carbocycles. The molecule has 0 spiro atoms. The maximum atomic E-state index is 4.03. The molecule has 1 rings (SSSR count). The van der Waals surface area contributed by atoms with Gasteiger partial charge >= 0.3 is 0 Å². The molecular formula is C8H12N. The summed E-state index contributed by atoms with van der Waals surface area (Å²) in [6, 6.07) is 0. The first-order valence-electron chi connectivity index (χ1n) is 3.64. The molecule has 1 radical (unpaired) electrons. The molecule has 0 aromatic rings. The van der Waals surface area contributed by atoms with Crippen LogP contribution >= 0.6 is 0 Å². The molecule has 1 nitrogen and oxygen atoms in total. The predicted octanol–water partition coefficient (Wildman–Crippen LogP) is 1.98. The maximum Gasteiger partial charge on any atom is 0.0484 e. The molecule has 0 N–H and O–H groups in total. The fourth-order valence-corrected chi connectivity index (χ4v) is 0.926. The van der Waals surface area contributed by atoms with Crippen molar-refractivity contribution < 1.29 is 0 Å². The summed E-state index contributed by atoms with van der Waals surface area (Å²) in [5.74, 6) is 2.80. The highest BCUT2D eigenvalue weighted by atomic mass is 14.7. The van der Waals surface area contributed by atoms with Crippen LogP contribution in [0.25, 0.3) is 0 Å². The largest absolute Gasteiger partial charge is 0.243 e. The van der Waals surface area contributed by atoms with E-state index in [4.69, 9.17) is 0 Å². The van der Waals surface area contributed by atoms with Crippen LogP contribution in [0.5, 0.6) is 0 Å². The van der Waals surface area contributed by atoms with Gasteiger partial charge in [-0.25, -0.2) is 4.99 Å². The molecule has 0 unspecified atom stereocenters. The van der Waals surface area contributed by atoms with Gasteiger partial charge in [0.2, 0.25) is 0 Å². The van der Waals surface area contributed by atoms with Crippen molar-refractivity contribution in [1.29, 1.82) is 0 Å². The van der Waals surface area contributed by atoms with E-state index in [1.807, 2.05) is 0 Å². The third-order valence-electron chi connectivity index (χ3n) is 1.48. The molecule has 1 heterocycles. The molecule has 0 atom stereocenters. The molecular weight excluding hydrogens is 110 g/mol. The van der Waals surface area contributed by atoms with E-state index in [-0.39, 0.29) is 0 Å². The van der Waals surface area contributed by atoms with Crippen molar-refractivity contribution in [3.05, 3.63) is 6.08 Å². The number of hydrogen-bond donors (Lipinski definition) is 0. The van der Waals surface area contributed by atoms with Crippen molar-refractivity contribution in [2.24, 2.45) is 4.99 Å². The van der Waals surface area contributed by atoms with E-state index in [1.54, 1.807) is 0 Å². The zero-order chi connectivity index (χ0) is 6.36. The minimum absolute atomic E-state index is 0.951. The Balaban J connectivity index is 2.29. The van der Waals surface area contributed by atoms with Gasteiger partial charge in [0.25, 0.3) is 0 Å². The summed E-state index contributed by atoms with van der Waals surface area (Å²) >= 11 is 0. The Bertz CT molecular complexity index is 109. The van der Waals surface area contributed by atoms with Crippen LogP contribution in [-0.4, -0.2) is 12.4 Å². The van der Waals surface area contributed by atoms with Crippen molar-refractivity contribution in [2.45, 2.75) is 32.1 Å². The molecule has 0 amide bonds. The first kappa shape index (κ1) is 6.57. The third-order valence-corrected chi connectivity index (χ3v) is 1.48. The average Bonchev–Trinajstić information content (AvgIpc) is 2.00. The van der Waals surface area contributed by atoms with Gasteiger partial charge in [0, 0.05) is 12.6 Å². The normalized spacial score (nSPS) is 20.4. The van der Waals surface area contributed by atoms with E-state index in [1.165, 1.54) is 25.7 Å². The summed E-state index contributed by atoms with van der Waals surface area (Å²) in [5, 5.41) is 0. The van der Waals surface area contributed by atoms with Crippen LogP contribution in [0.15, 0.2) is 4.99 Å². The average molecular weight is 122 g/mol. The van der Waals surface area contributed by atoms with E-state index < -0.39 is 0 Å². The molecule has 0 saturated heterocycles. The van der Waals surface area contributed by atoms with Crippen LogP contribution < -0.4 is 0 Å². The Hall–Kier alpha value is -0.550. The lowest BCUT2D eigenvalue weighted by atomic mass is 10.1. The summed E-state index contributed by atoms with van der Waals surface area (Å²) in [7, 11) is 0. The minimum Gasteiger partial charge on any atom is -0.243 e. The lowest BCUT2D eigenvalue weighted by Crippen LogP contribution is -1.79. The third kappa shape index (κ3) is 3.10. The number of hydrogen-bond acceptors (Lipinski definition) is 1. The Morgan fingerprint density at radius 3 is 2.89 bits per heavy atom. The zero-order valence-electron chi connectivity index (χ0n) is 5.69. The molecule has 0 bridgehead atoms. The van der Waals surface area contributed by atoms with E-state index in [2.05, 4.69) is 16.9 Å². The van der Waals surface area contributed by atoms with Crippen LogP contribution in [-0.2, 0) is 0 Å². The first-order chi connectivity index (χ1) is 4.50. The van der Waals surface area contributed by atoms with Crippen LogP contribution in [0.1, 0.15) is 32.1 Å². The molecule has 1 aliphatic rings. The summed E-state index contributed by atoms with van der Waals surface area (Å²) < 4.78 is 0. The van der Waals surface area contributed by atoms with E-state index in [0.29, 0.717) is 0 Å². The fraction of sp³-hybridized carbons (Fsp3) is 0.750. The Labute approximate surface area is 56.5 Å². The minimum atomic E-state index is 0.951. The van der Waals surface area contributed by atoms with Gasteiger partial charge in [-0.15, -0.1) is 0 Å². The Morgan fingerprint density at radius 1 is 1.00 bits per heavy atom. The topological polar surface area (TPSA) is 12.4 Å². The van der Waals surface area contributed by atoms with Crippen LogP contribution in [0.4, 0.5) is 0 Å². The number of rotatable bonds is 0. The predicted molar refractivity (Wildman–Crippen MR) is 38.6 cm³/mol. The molecule has 1 aliphatic heterocycles. The van der Waals surface area contributed by atoms with E-state index >= 15 is 0 Å². The lowest BCUT2D eigenvalue weighted by Gasteiger charge is -1.92. The lowest BCUT2D eigenvalue weighted by molar-refractivity contribution is 0.656. The standard InChI is InChI=1S/C8H12N/c1-2-4-6-8-9-7-5-3-1/h1-5,7H2. The quantitative estimate of drug-likeness (QED) is 0.466. The Kier molecular flexibility index (Phi) is 3.17. The second-order valence-electron chi connectivity index (χ2n) is 2.33. The van der Waals surface area contributed by atoms with E-state index in [0.717, 1.165) is 13.0 Å². The monoisotopic (exact) mass is 122 g/mol. The van der Waals surface area contributed by atoms with Crippen molar-refractivity contribution >= 4 is 5.87 Å². The van der Waals surface area contributed by atoms with Gasteiger partial charge in [-0.1, -0.05) is 12.8 Å². The number of nitrogens with zero attached hydrogens (tertiary/aromatic N) is 1. The smallest absolute Gasteiger partial charge is 0.0484 e. The molecule has 0 aromatic heterocycles. The van der Waals surface area contributed by atoms with Crippen LogP contribution in [0.2, 0.25) is 0 Å². The summed E-state index contributed by atoms with van der Waals surface area (Å²) in [4.78, 5) is 4.03. The van der Waals surface area contributed by atoms with Gasteiger partial charge in [0.15, 0.2) is 0 Å². The highest BCUT2D eigenvalue weighted by Crippen LogP contribution is 2.03. The second kappa shape index (κ2) is 4.34. The SMILES string of the molecule is [C]1=C=NCCCCCC1. The summed E-state index contributed by atoms with van der Waals surface area (Å²) in [6.45, 7) is 0.951. The van der Waals surface area contributed by atoms with Crippen LogP contribution in [0.3, 0.4) is 0 Å². The van der Waals surface area contributed by atoms with Gasteiger partial charge in [-0.2, -0.15) is 0 Å². The van der Waals surface area contributed by atoms with Crippen molar-refractivity contribution in [2.75, 3.05) is 6.54 Å². The van der Waals surface area contributed by atoms with Gasteiger partial charge in [-0.3, -0.25) is 0 Å². The van der Waals surface area contributed by atoms with Gasteiger partial charge in [0.1, 0.15) is 0 Å². The van der Waals surface area contributed by atoms with Gasteiger partial charge in [0.05, 0.1) is 0 Å². The first-order valence-corrected chi connectivity index (χ1v) is 3.64. The molecule has 0 fully saturated rings. The molecule has 1 heteroatoms. The Morgan fingerprint density at radius 2 is 1.89 bits per heavy atom. The molecule has 49 valence electrons. The number of allylic oxidation sites excluding steroid dienone is 1. The van der Waals surface area contributed by atoms with Gasteiger partial charge < -0.3 is 0 Å². The second-order valence-corrected chi connectivity index (χ2v) is 2.33. The molecule has 0 aliphatic carbocycles. The highest BCUT2D eigenvalue weighted by Gasteiger charge is 1.89. The molecule has 0 saturated carbocycles. The number of aliphatic imine (C=N–C) groups is 1. The highest BCUT2D eigenvalue weighted by molar-refractivity contribution is 5.47.